The zero-order valence-electron chi connectivity index (χ0n) is 21.9. The number of nitrogens with two attached hydrogens (primary N) is 1. The number of hydrogen-bond acceptors (Lipinski definition) is 10. The summed E-state index contributed by atoms with van der Waals surface area (Å²) in [5.41, 5.74) is 6.18. The van der Waals surface area contributed by atoms with Gasteiger partial charge in [-0.3, -0.25) is 24.8 Å². The summed E-state index contributed by atoms with van der Waals surface area (Å²) >= 11 is 0. The van der Waals surface area contributed by atoms with Gasteiger partial charge in [-0.2, -0.15) is 0 Å². The van der Waals surface area contributed by atoms with E-state index in [1.54, 1.807) is 16.8 Å². The Morgan fingerprint density at radius 1 is 1.16 bits per heavy atom. The van der Waals surface area contributed by atoms with Gasteiger partial charge >= 0.3 is 0 Å². The molecule has 1 aromatic rings. The Bertz CT molecular complexity index is 1000. The van der Waals surface area contributed by atoms with E-state index >= 15 is 4.39 Å². The molecule has 0 radical (unpaired) electrons. The molecule has 0 aromatic carbocycles. The molecular weight excluding hydrogens is 500 g/mol. The average molecular weight is 538 g/mol. The number of alkyl halides is 1. The molecule has 4 heterocycles. The fraction of sp³-hybridized carbons (Fsp3) is 0.708. The number of piperidine rings is 1. The highest BCUT2D eigenvalue weighted by Crippen LogP contribution is 2.33. The largest absolute Gasteiger partial charge is 0.367 e. The molecule has 2 amide bonds. The van der Waals surface area contributed by atoms with E-state index in [-0.39, 0.29) is 36.3 Å². The SMILES string of the molecule is CN1CCN(C(=O)C2CCN(c3c(F)cncc3NC(=O)C(C(N)N=O)C3NCC(F)CN3C)CC2)CC1. The van der Waals surface area contributed by atoms with Crippen LogP contribution in [0.3, 0.4) is 0 Å². The molecule has 4 N–H and O–H groups in total. The average Bonchev–Trinajstić information content (AvgIpc) is 2.90. The van der Waals surface area contributed by atoms with Crippen molar-refractivity contribution in [3.63, 3.8) is 0 Å². The summed E-state index contributed by atoms with van der Waals surface area (Å²) in [6, 6.07) is 0. The van der Waals surface area contributed by atoms with Crippen LogP contribution < -0.4 is 21.3 Å². The minimum atomic E-state index is -1.41. The van der Waals surface area contributed by atoms with Gasteiger partial charge in [0.25, 0.3) is 0 Å². The lowest BCUT2D eigenvalue weighted by molar-refractivity contribution is -0.137. The normalized spacial score (nSPS) is 25.6. The van der Waals surface area contributed by atoms with Crippen molar-refractivity contribution >= 4 is 23.2 Å². The Hall–Kier alpha value is -2.81. The van der Waals surface area contributed by atoms with Crippen LogP contribution in [0.5, 0.6) is 0 Å². The van der Waals surface area contributed by atoms with Crippen molar-refractivity contribution in [1.29, 1.82) is 0 Å². The fourth-order valence-electron chi connectivity index (χ4n) is 5.54. The number of likely N-dealkylation sites (N-methyl/N-ethyl adjacent to an activating group) is 1. The van der Waals surface area contributed by atoms with Crippen LogP contribution in [0.15, 0.2) is 17.6 Å². The molecule has 3 saturated heterocycles. The van der Waals surface area contributed by atoms with Crippen LogP contribution in [0.4, 0.5) is 20.2 Å². The molecule has 0 spiro atoms. The minimum Gasteiger partial charge on any atom is -0.367 e. The number of carbonyl (C=O) groups is 2. The highest BCUT2D eigenvalue weighted by molar-refractivity contribution is 5.96. The Kier molecular flexibility index (Phi) is 9.18. The number of carbonyl (C=O) groups excluding carboxylic acids is 2. The smallest absolute Gasteiger partial charge is 0.234 e. The van der Waals surface area contributed by atoms with Crippen molar-refractivity contribution in [1.82, 2.24) is 25.0 Å². The van der Waals surface area contributed by atoms with Gasteiger partial charge in [-0.15, -0.1) is 4.91 Å². The summed E-state index contributed by atoms with van der Waals surface area (Å²) in [7, 11) is 3.65. The van der Waals surface area contributed by atoms with Gasteiger partial charge in [-0.05, 0) is 26.9 Å². The number of anilines is 2. The topological polar surface area (TPSA) is 140 Å². The Balaban J connectivity index is 1.45. The number of nitrogens with zero attached hydrogens (tertiary/aromatic N) is 6. The quantitative estimate of drug-likeness (QED) is 0.411. The first-order valence-electron chi connectivity index (χ1n) is 13.0. The van der Waals surface area contributed by atoms with Crippen LogP contribution in [0.25, 0.3) is 0 Å². The third-order valence-corrected chi connectivity index (χ3v) is 7.75. The molecule has 3 fully saturated rings. The Morgan fingerprint density at radius 3 is 2.47 bits per heavy atom. The van der Waals surface area contributed by atoms with E-state index in [2.05, 4.69) is 25.7 Å². The van der Waals surface area contributed by atoms with Crippen LogP contribution in [-0.2, 0) is 9.59 Å². The van der Waals surface area contributed by atoms with Gasteiger partial charge < -0.3 is 25.8 Å². The van der Waals surface area contributed by atoms with E-state index in [1.807, 2.05) is 11.9 Å². The van der Waals surface area contributed by atoms with Gasteiger partial charge in [-0.1, -0.05) is 5.18 Å². The minimum absolute atomic E-state index is 0.00106. The lowest BCUT2D eigenvalue weighted by Gasteiger charge is -2.40. The van der Waals surface area contributed by atoms with Crippen LogP contribution in [-0.4, -0.2) is 116 Å². The van der Waals surface area contributed by atoms with Gasteiger partial charge in [0.15, 0.2) is 12.0 Å². The Morgan fingerprint density at radius 2 is 1.84 bits per heavy atom. The first-order chi connectivity index (χ1) is 18.2. The number of nitroso groups, excluding NO2 is 1. The summed E-state index contributed by atoms with van der Waals surface area (Å²) < 4.78 is 28.9. The molecule has 3 aliphatic rings. The molecule has 4 rings (SSSR count). The molecule has 4 unspecified atom stereocenters. The van der Waals surface area contributed by atoms with Crippen LogP contribution in [0.1, 0.15) is 12.8 Å². The first-order valence-corrected chi connectivity index (χ1v) is 13.0. The van der Waals surface area contributed by atoms with E-state index in [4.69, 9.17) is 5.73 Å². The van der Waals surface area contributed by atoms with Crippen molar-refractivity contribution in [3.8, 4) is 0 Å². The molecular formula is C24H37F2N9O3. The third-order valence-electron chi connectivity index (χ3n) is 7.75. The zero-order chi connectivity index (χ0) is 27.4. The lowest BCUT2D eigenvalue weighted by Crippen LogP contribution is -2.62. The number of aromatic nitrogens is 1. The molecule has 0 aliphatic carbocycles. The van der Waals surface area contributed by atoms with Gasteiger partial charge in [-0.25, -0.2) is 8.78 Å². The van der Waals surface area contributed by atoms with Gasteiger partial charge in [0.05, 0.1) is 24.2 Å². The second-order valence-electron chi connectivity index (χ2n) is 10.4. The molecule has 0 saturated carbocycles. The summed E-state index contributed by atoms with van der Waals surface area (Å²) in [6.07, 6.45) is 0.243. The third kappa shape index (κ3) is 6.25. The van der Waals surface area contributed by atoms with Gasteiger partial charge in [0.2, 0.25) is 11.8 Å². The molecule has 14 heteroatoms. The maximum atomic E-state index is 15.1. The fourth-order valence-corrected chi connectivity index (χ4v) is 5.54. The maximum Gasteiger partial charge on any atom is 0.234 e. The van der Waals surface area contributed by atoms with Crippen molar-refractivity contribution in [2.24, 2.45) is 22.7 Å². The summed E-state index contributed by atoms with van der Waals surface area (Å²) in [5.74, 6) is -2.43. The molecule has 210 valence electrons. The molecule has 3 aliphatic heterocycles. The number of nitrogens with one attached hydrogen (secondary N) is 2. The molecule has 12 nitrogen and oxygen atoms in total. The lowest BCUT2D eigenvalue weighted by atomic mass is 9.94. The molecule has 38 heavy (non-hydrogen) atoms. The number of amides is 2. The van der Waals surface area contributed by atoms with Crippen LogP contribution >= 0.6 is 0 Å². The molecule has 0 bridgehead atoms. The van der Waals surface area contributed by atoms with Crippen molar-refractivity contribution < 1.29 is 18.4 Å². The second-order valence-corrected chi connectivity index (χ2v) is 10.4. The highest BCUT2D eigenvalue weighted by Gasteiger charge is 2.40. The van der Waals surface area contributed by atoms with Gasteiger partial charge in [0.1, 0.15) is 17.8 Å². The van der Waals surface area contributed by atoms with Crippen LogP contribution in [0.2, 0.25) is 0 Å². The molecule has 4 atom stereocenters. The summed E-state index contributed by atoms with van der Waals surface area (Å²) in [5, 5.41) is 8.43. The van der Waals surface area contributed by atoms with Gasteiger partial charge in [0, 0.05) is 58.3 Å². The number of pyridine rings is 1. The first kappa shape index (κ1) is 28.2. The molecule has 1 aromatic heterocycles. The van der Waals surface area contributed by atoms with E-state index in [9.17, 15) is 18.9 Å². The zero-order valence-corrected chi connectivity index (χ0v) is 21.9. The monoisotopic (exact) mass is 537 g/mol. The summed E-state index contributed by atoms with van der Waals surface area (Å²) in [6.45, 7) is 4.03. The standard InChI is InChI=1S/C24H37F2N9O3/c1-32-7-9-35(10-8-32)24(37)15-3-5-34(6-4-15)20-17(26)12-28-13-18(20)30-23(36)19(21(27)31-38)22-29-11-16(25)14-33(22)2/h12-13,15-16,19,21-22,29H,3-11,14,27H2,1-2H3,(H,30,36). The van der Waals surface area contributed by atoms with E-state index in [0.717, 1.165) is 19.3 Å². The second kappa shape index (κ2) is 12.4. The van der Waals surface area contributed by atoms with E-state index in [1.165, 1.54) is 6.20 Å². The number of piperazine rings is 1. The Labute approximate surface area is 220 Å². The highest BCUT2D eigenvalue weighted by atomic mass is 19.1. The van der Waals surface area contributed by atoms with Crippen molar-refractivity contribution in [2.75, 3.05) is 76.7 Å². The number of rotatable bonds is 7. The van der Waals surface area contributed by atoms with E-state index in [0.29, 0.717) is 39.0 Å². The van der Waals surface area contributed by atoms with Crippen molar-refractivity contribution in [2.45, 2.75) is 31.3 Å². The predicted octanol–water partition coefficient (Wildman–Crippen LogP) is 0.0162. The maximum absolute atomic E-state index is 15.1. The van der Waals surface area contributed by atoms with E-state index < -0.39 is 36.1 Å². The van der Waals surface area contributed by atoms with Crippen LogP contribution in [0, 0.1) is 22.6 Å². The summed E-state index contributed by atoms with van der Waals surface area (Å²) in [4.78, 5) is 49.0. The number of hydrogen-bond donors (Lipinski definition) is 3. The van der Waals surface area contributed by atoms with Crippen molar-refractivity contribution in [3.05, 3.63) is 23.1 Å². The predicted molar refractivity (Wildman–Crippen MR) is 138 cm³/mol. The number of halogens is 2.